The normalized spacial score (nSPS) is 22.1. The summed E-state index contributed by atoms with van der Waals surface area (Å²) < 4.78 is 2.02. The van der Waals surface area contributed by atoms with Gasteiger partial charge in [0.1, 0.15) is 0 Å². The molecule has 2 aromatic rings. The SMILES string of the molecule is O=C([C@H]1CN(Cc2ccsc2)Cc2ccnn2C1)N1CCCC1. The summed E-state index contributed by atoms with van der Waals surface area (Å²) in [7, 11) is 0. The van der Waals surface area contributed by atoms with Gasteiger partial charge in [0.2, 0.25) is 5.91 Å². The molecule has 0 aliphatic carbocycles. The molecule has 6 heteroatoms. The first-order valence-corrected chi connectivity index (χ1v) is 9.27. The Morgan fingerprint density at radius 3 is 2.91 bits per heavy atom. The third-order valence-electron chi connectivity index (χ3n) is 4.82. The summed E-state index contributed by atoms with van der Waals surface area (Å²) in [6.45, 7) is 5.13. The van der Waals surface area contributed by atoms with Crippen LogP contribution in [0.25, 0.3) is 0 Å². The van der Waals surface area contributed by atoms with E-state index < -0.39 is 0 Å². The average Bonchev–Trinajstić information content (AvgIpc) is 3.28. The largest absolute Gasteiger partial charge is 0.342 e. The molecule has 0 saturated carbocycles. The minimum atomic E-state index is 0.00730. The van der Waals surface area contributed by atoms with Crippen LogP contribution in [0.4, 0.5) is 0 Å². The van der Waals surface area contributed by atoms with Crippen molar-refractivity contribution in [2.24, 2.45) is 5.92 Å². The van der Waals surface area contributed by atoms with Crippen LogP contribution in [0.5, 0.6) is 0 Å². The van der Waals surface area contributed by atoms with Gasteiger partial charge in [0.25, 0.3) is 0 Å². The monoisotopic (exact) mass is 330 g/mol. The predicted octanol–water partition coefficient (Wildman–Crippen LogP) is 2.20. The van der Waals surface area contributed by atoms with E-state index in [1.165, 1.54) is 11.3 Å². The second-order valence-electron chi connectivity index (χ2n) is 6.54. The molecule has 2 aromatic heterocycles. The number of thiophene rings is 1. The Kier molecular flexibility index (Phi) is 4.18. The van der Waals surface area contributed by atoms with Crippen LogP contribution in [0.15, 0.2) is 29.1 Å². The molecule has 2 aliphatic heterocycles. The van der Waals surface area contributed by atoms with Gasteiger partial charge in [0.15, 0.2) is 0 Å². The molecule has 1 fully saturated rings. The number of fused-ring (bicyclic) bond motifs is 1. The third-order valence-corrected chi connectivity index (χ3v) is 5.55. The maximum Gasteiger partial charge on any atom is 0.228 e. The molecule has 4 rings (SSSR count). The molecule has 0 N–H and O–H groups in total. The Morgan fingerprint density at radius 1 is 1.26 bits per heavy atom. The van der Waals surface area contributed by atoms with E-state index in [9.17, 15) is 4.79 Å². The summed E-state index contributed by atoms with van der Waals surface area (Å²) in [6.07, 6.45) is 4.13. The van der Waals surface area contributed by atoms with Crippen LogP contribution in [-0.4, -0.2) is 45.1 Å². The fourth-order valence-corrected chi connectivity index (χ4v) is 4.30. The topological polar surface area (TPSA) is 41.4 Å². The second kappa shape index (κ2) is 6.45. The van der Waals surface area contributed by atoms with Gasteiger partial charge in [0.05, 0.1) is 18.2 Å². The highest BCUT2D eigenvalue weighted by molar-refractivity contribution is 7.07. The smallest absolute Gasteiger partial charge is 0.228 e. The molecule has 5 nitrogen and oxygen atoms in total. The maximum absolute atomic E-state index is 12.9. The summed E-state index contributed by atoms with van der Waals surface area (Å²) in [5.74, 6) is 0.314. The Labute approximate surface area is 140 Å². The number of rotatable bonds is 3. The van der Waals surface area contributed by atoms with Gasteiger partial charge in [-0.05, 0) is 41.3 Å². The third kappa shape index (κ3) is 3.19. The van der Waals surface area contributed by atoms with Crippen LogP contribution in [0, 0.1) is 5.92 Å². The van der Waals surface area contributed by atoms with Gasteiger partial charge in [-0.2, -0.15) is 16.4 Å². The van der Waals surface area contributed by atoms with E-state index >= 15 is 0 Å². The summed E-state index contributed by atoms with van der Waals surface area (Å²) in [5.41, 5.74) is 2.53. The zero-order valence-corrected chi connectivity index (χ0v) is 14.0. The fourth-order valence-electron chi connectivity index (χ4n) is 3.64. The Balaban J connectivity index is 1.55. The van der Waals surface area contributed by atoms with Crippen molar-refractivity contribution in [2.75, 3.05) is 19.6 Å². The first kappa shape index (κ1) is 14.9. The zero-order chi connectivity index (χ0) is 15.6. The molecule has 0 radical (unpaired) electrons. The molecule has 0 aromatic carbocycles. The van der Waals surface area contributed by atoms with Gasteiger partial charge in [-0.3, -0.25) is 14.4 Å². The molecular weight excluding hydrogens is 308 g/mol. The van der Waals surface area contributed by atoms with Crippen molar-refractivity contribution in [3.63, 3.8) is 0 Å². The van der Waals surface area contributed by atoms with Crippen LogP contribution in [0.2, 0.25) is 0 Å². The fraction of sp³-hybridized carbons (Fsp3) is 0.529. The van der Waals surface area contributed by atoms with Gasteiger partial charge >= 0.3 is 0 Å². The average molecular weight is 330 g/mol. The van der Waals surface area contributed by atoms with E-state index in [1.54, 1.807) is 11.3 Å². The predicted molar refractivity (Wildman–Crippen MR) is 90.0 cm³/mol. The molecule has 23 heavy (non-hydrogen) atoms. The van der Waals surface area contributed by atoms with E-state index in [0.717, 1.165) is 45.6 Å². The van der Waals surface area contributed by atoms with E-state index in [-0.39, 0.29) is 5.92 Å². The van der Waals surface area contributed by atoms with Crippen LogP contribution in [-0.2, 0) is 24.4 Å². The molecule has 4 heterocycles. The van der Waals surface area contributed by atoms with Crippen LogP contribution in [0.3, 0.4) is 0 Å². The number of nitrogens with zero attached hydrogens (tertiary/aromatic N) is 4. The van der Waals surface area contributed by atoms with Gasteiger partial charge in [-0.25, -0.2) is 0 Å². The van der Waals surface area contributed by atoms with Gasteiger partial charge < -0.3 is 4.90 Å². The molecule has 2 aliphatic rings. The van der Waals surface area contributed by atoms with Crippen molar-refractivity contribution < 1.29 is 4.79 Å². The molecule has 0 unspecified atom stereocenters. The molecular formula is C17H22N4OS. The maximum atomic E-state index is 12.9. The van der Waals surface area contributed by atoms with Crippen molar-refractivity contribution in [3.05, 3.63) is 40.3 Å². The number of carbonyl (C=O) groups excluding carboxylic acids is 1. The lowest BCUT2D eigenvalue weighted by Gasteiger charge is -2.26. The molecule has 0 bridgehead atoms. The highest BCUT2D eigenvalue weighted by Gasteiger charge is 2.31. The van der Waals surface area contributed by atoms with Gasteiger partial charge in [-0.1, -0.05) is 0 Å². The minimum Gasteiger partial charge on any atom is -0.342 e. The van der Waals surface area contributed by atoms with Gasteiger partial charge in [-0.15, -0.1) is 0 Å². The van der Waals surface area contributed by atoms with Crippen molar-refractivity contribution in [3.8, 4) is 0 Å². The number of aromatic nitrogens is 2. The number of hydrogen-bond donors (Lipinski definition) is 0. The molecule has 0 spiro atoms. The Bertz CT molecular complexity index is 660. The van der Waals surface area contributed by atoms with Crippen LogP contribution < -0.4 is 0 Å². The molecule has 122 valence electrons. The van der Waals surface area contributed by atoms with Crippen LogP contribution in [0.1, 0.15) is 24.1 Å². The summed E-state index contributed by atoms with van der Waals surface area (Å²) in [6, 6.07) is 4.24. The zero-order valence-electron chi connectivity index (χ0n) is 13.2. The van der Waals surface area contributed by atoms with E-state index in [1.807, 2.05) is 15.8 Å². The lowest BCUT2D eigenvalue weighted by atomic mass is 10.1. The lowest BCUT2D eigenvalue weighted by molar-refractivity contribution is -0.135. The summed E-state index contributed by atoms with van der Waals surface area (Å²) >= 11 is 1.73. The summed E-state index contributed by atoms with van der Waals surface area (Å²) in [5, 5.41) is 8.74. The Morgan fingerprint density at radius 2 is 2.13 bits per heavy atom. The Hall–Kier alpha value is -1.66. The van der Waals surface area contributed by atoms with E-state index in [4.69, 9.17) is 0 Å². The number of carbonyl (C=O) groups is 1. The first-order valence-electron chi connectivity index (χ1n) is 8.32. The number of amides is 1. The van der Waals surface area contributed by atoms with Crippen molar-refractivity contribution in [1.29, 1.82) is 0 Å². The van der Waals surface area contributed by atoms with Crippen molar-refractivity contribution >= 4 is 17.2 Å². The quantitative estimate of drug-likeness (QED) is 0.866. The number of hydrogen-bond acceptors (Lipinski definition) is 4. The standard InChI is InChI=1S/C17H22N4OS/c22-17(20-6-1-2-7-20)15-10-19(9-14-4-8-23-13-14)12-16-3-5-18-21(16)11-15/h3-5,8,13,15H,1-2,6-7,9-12H2/t15-/m0/s1. The van der Waals surface area contributed by atoms with E-state index in [0.29, 0.717) is 12.5 Å². The van der Waals surface area contributed by atoms with Crippen molar-refractivity contribution in [1.82, 2.24) is 19.6 Å². The van der Waals surface area contributed by atoms with Gasteiger partial charge in [0, 0.05) is 38.9 Å². The highest BCUT2D eigenvalue weighted by atomic mass is 32.1. The lowest BCUT2D eigenvalue weighted by Crippen LogP contribution is -2.40. The van der Waals surface area contributed by atoms with Crippen molar-refractivity contribution in [2.45, 2.75) is 32.5 Å². The van der Waals surface area contributed by atoms with E-state index in [2.05, 4.69) is 32.9 Å². The summed E-state index contributed by atoms with van der Waals surface area (Å²) in [4.78, 5) is 17.3. The number of likely N-dealkylation sites (tertiary alicyclic amines) is 1. The minimum absolute atomic E-state index is 0.00730. The second-order valence-corrected chi connectivity index (χ2v) is 7.32. The molecule has 1 amide bonds. The molecule has 1 atom stereocenters. The molecule has 1 saturated heterocycles. The van der Waals surface area contributed by atoms with Crippen LogP contribution >= 0.6 is 11.3 Å². The highest BCUT2D eigenvalue weighted by Crippen LogP contribution is 2.22. The first-order chi connectivity index (χ1) is 11.3.